The summed E-state index contributed by atoms with van der Waals surface area (Å²) in [5.41, 5.74) is 4.06. The molecule has 3 aromatic rings. The van der Waals surface area contributed by atoms with Crippen molar-refractivity contribution in [2.24, 2.45) is 5.73 Å². The van der Waals surface area contributed by atoms with E-state index in [0.29, 0.717) is 0 Å². The molecule has 0 atom stereocenters. The lowest BCUT2D eigenvalue weighted by Gasteiger charge is -2.14. The van der Waals surface area contributed by atoms with Crippen LogP contribution in [0.1, 0.15) is 11.1 Å². The Morgan fingerprint density at radius 2 is 1.65 bits per heavy atom. The number of carbonyl (C=O) groups excluding carboxylic acids is 1. The van der Waals surface area contributed by atoms with E-state index in [1.54, 1.807) is 18.2 Å². The van der Waals surface area contributed by atoms with Gasteiger partial charge < -0.3 is 10.5 Å². The highest BCUT2D eigenvalue weighted by molar-refractivity contribution is 7.91. The minimum Gasteiger partial charge on any atom is -0.456 e. The molecule has 5 nitrogen and oxygen atoms in total. The van der Waals surface area contributed by atoms with Crippen LogP contribution in [0.5, 0.6) is 11.5 Å². The Morgan fingerprint density at radius 3 is 2.23 bits per heavy atom. The van der Waals surface area contributed by atoms with Gasteiger partial charge in [0.1, 0.15) is 11.5 Å². The molecule has 0 aliphatic carbocycles. The van der Waals surface area contributed by atoms with E-state index in [-0.39, 0.29) is 31.9 Å². The van der Waals surface area contributed by atoms with Crippen molar-refractivity contribution in [2.45, 2.75) is 22.4 Å². The molecule has 0 spiro atoms. The maximum atomic E-state index is 13.2. The number of alkyl halides is 3. The Bertz CT molecular complexity index is 1230. The zero-order chi connectivity index (χ0) is 22.8. The molecule has 0 saturated heterocycles. The van der Waals surface area contributed by atoms with Crippen molar-refractivity contribution in [3.05, 3.63) is 82.9 Å². The lowest BCUT2D eigenvalue weighted by atomic mass is 10.1. The SMILES string of the molecule is NC(=O)Cc1cc(Oc2ccc(S(=O)(=O)c3ccccc3)cc2Cl)cc(C(F)(F)F)c1. The summed E-state index contributed by atoms with van der Waals surface area (Å²) in [7, 11) is -3.84. The Labute approximate surface area is 181 Å². The van der Waals surface area contributed by atoms with Crippen LogP contribution >= 0.6 is 11.6 Å². The maximum absolute atomic E-state index is 13.2. The summed E-state index contributed by atoms with van der Waals surface area (Å²) in [5.74, 6) is -1.09. The fraction of sp³-hybridized carbons (Fsp3) is 0.0952. The number of hydrogen-bond acceptors (Lipinski definition) is 4. The van der Waals surface area contributed by atoms with Crippen LogP contribution in [-0.4, -0.2) is 14.3 Å². The van der Waals surface area contributed by atoms with Gasteiger partial charge in [0.15, 0.2) is 0 Å². The highest BCUT2D eigenvalue weighted by atomic mass is 35.5. The molecule has 3 aromatic carbocycles. The summed E-state index contributed by atoms with van der Waals surface area (Å²) in [4.78, 5) is 11.1. The molecule has 10 heteroatoms. The zero-order valence-corrected chi connectivity index (χ0v) is 17.3. The third-order valence-corrected chi connectivity index (χ3v) is 6.23. The van der Waals surface area contributed by atoms with Crippen molar-refractivity contribution in [3.8, 4) is 11.5 Å². The van der Waals surface area contributed by atoms with E-state index in [1.165, 1.54) is 30.3 Å². The monoisotopic (exact) mass is 469 g/mol. The fourth-order valence-electron chi connectivity index (χ4n) is 2.78. The van der Waals surface area contributed by atoms with Gasteiger partial charge >= 0.3 is 6.18 Å². The average Bonchev–Trinajstić information content (AvgIpc) is 2.69. The number of nitrogens with two attached hydrogens (primary N) is 1. The van der Waals surface area contributed by atoms with Crippen LogP contribution in [0.3, 0.4) is 0 Å². The van der Waals surface area contributed by atoms with E-state index >= 15 is 0 Å². The van der Waals surface area contributed by atoms with Gasteiger partial charge in [0.05, 0.1) is 26.8 Å². The number of halogens is 4. The molecule has 31 heavy (non-hydrogen) atoms. The van der Waals surface area contributed by atoms with Gasteiger partial charge in [-0.05, 0) is 54.1 Å². The van der Waals surface area contributed by atoms with Crippen LogP contribution in [0.25, 0.3) is 0 Å². The molecule has 2 N–H and O–H groups in total. The molecular weight excluding hydrogens is 455 g/mol. The number of benzene rings is 3. The first kappa shape index (κ1) is 22.6. The van der Waals surface area contributed by atoms with Crippen molar-refractivity contribution < 1.29 is 31.1 Å². The van der Waals surface area contributed by atoms with Crippen molar-refractivity contribution in [1.82, 2.24) is 0 Å². The largest absolute Gasteiger partial charge is 0.456 e. The number of primary amides is 1. The lowest BCUT2D eigenvalue weighted by molar-refractivity contribution is -0.137. The van der Waals surface area contributed by atoms with Crippen molar-refractivity contribution in [2.75, 3.05) is 0 Å². The van der Waals surface area contributed by atoms with Crippen LogP contribution in [0.15, 0.2) is 76.5 Å². The fourth-order valence-corrected chi connectivity index (χ4v) is 4.37. The second-order valence-corrected chi connectivity index (χ2v) is 8.87. The third kappa shape index (κ3) is 5.36. The van der Waals surface area contributed by atoms with Gasteiger partial charge in [-0.2, -0.15) is 13.2 Å². The maximum Gasteiger partial charge on any atom is 0.416 e. The molecule has 0 fully saturated rings. The lowest BCUT2D eigenvalue weighted by Crippen LogP contribution is -2.14. The molecule has 0 heterocycles. The summed E-state index contributed by atoms with van der Waals surface area (Å²) in [6.45, 7) is 0. The summed E-state index contributed by atoms with van der Waals surface area (Å²) in [6.07, 6.45) is -5.09. The van der Waals surface area contributed by atoms with Gasteiger partial charge in [-0.15, -0.1) is 0 Å². The Kier molecular flexibility index (Phi) is 6.28. The summed E-state index contributed by atoms with van der Waals surface area (Å²) < 4.78 is 70.4. The zero-order valence-electron chi connectivity index (χ0n) is 15.7. The van der Waals surface area contributed by atoms with Gasteiger partial charge in [-0.1, -0.05) is 29.8 Å². The molecule has 0 aromatic heterocycles. The second kappa shape index (κ2) is 8.60. The van der Waals surface area contributed by atoms with Crippen LogP contribution in [0.4, 0.5) is 13.2 Å². The molecule has 3 rings (SSSR count). The topological polar surface area (TPSA) is 86.5 Å². The van der Waals surface area contributed by atoms with E-state index in [4.69, 9.17) is 22.1 Å². The molecule has 1 amide bonds. The van der Waals surface area contributed by atoms with Crippen molar-refractivity contribution in [3.63, 3.8) is 0 Å². The first-order valence-corrected chi connectivity index (χ1v) is 10.6. The Hall–Kier alpha value is -3.04. The highest BCUT2D eigenvalue weighted by Crippen LogP contribution is 2.37. The van der Waals surface area contributed by atoms with Gasteiger partial charge in [0.2, 0.25) is 15.7 Å². The Balaban J connectivity index is 1.96. The molecular formula is C21H15ClF3NO4S. The number of ether oxygens (including phenoxy) is 1. The van der Waals surface area contributed by atoms with E-state index in [1.807, 2.05) is 0 Å². The van der Waals surface area contributed by atoms with Crippen LogP contribution in [0, 0.1) is 0 Å². The first-order valence-electron chi connectivity index (χ1n) is 8.74. The van der Waals surface area contributed by atoms with E-state index < -0.39 is 33.9 Å². The van der Waals surface area contributed by atoms with Crippen molar-refractivity contribution in [1.29, 1.82) is 0 Å². The molecule has 0 bridgehead atoms. The predicted octanol–water partition coefficient (Wildman–Crippen LogP) is 5.01. The normalized spacial score (nSPS) is 11.9. The van der Waals surface area contributed by atoms with Crippen molar-refractivity contribution >= 4 is 27.3 Å². The molecule has 162 valence electrons. The van der Waals surface area contributed by atoms with E-state index in [9.17, 15) is 26.4 Å². The Morgan fingerprint density at radius 1 is 0.968 bits per heavy atom. The number of carbonyl (C=O) groups is 1. The second-order valence-electron chi connectivity index (χ2n) is 6.52. The van der Waals surface area contributed by atoms with Gasteiger partial charge in [0.25, 0.3) is 0 Å². The average molecular weight is 470 g/mol. The van der Waals surface area contributed by atoms with Crippen LogP contribution < -0.4 is 10.5 Å². The summed E-state index contributed by atoms with van der Waals surface area (Å²) in [6, 6.07) is 14.1. The summed E-state index contributed by atoms with van der Waals surface area (Å²) >= 11 is 6.14. The summed E-state index contributed by atoms with van der Waals surface area (Å²) in [5, 5.41) is -0.120. The molecule has 0 saturated carbocycles. The minimum atomic E-state index is -4.68. The van der Waals surface area contributed by atoms with E-state index in [2.05, 4.69) is 0 Å². The first-order chi connectivity index (χ1) is 14.5. The minimum absolute atomic E-state index is 0.0109. The number of hydrogen-bond donors (Lipinski definition) is 1. The standard InChI is InChI=1S/C21H15ClF3NO4S/c22-18-12-17(31(28,29)16-4-2-1-3-5-16)6-7-19(18)30-15-9-13(10-20(26)27)8-14(11-15)21(23,24)25/h1-9,11-12H,10H2,(H2,26,27). The molecule has 0 unspecified atom stereocenters. The van der Waals surface area contributed by atoms with E-state index in [0.717, 1.165) is 18.2 Å². The van der Waals surface area contributed by atoms with Crippen LogP contribution in [-0.2, 0) is 27.2 Å². The van der Waals surface area contributed by atoms with Gasteiger partial charge in [-0.3, -0.25) is 4.79 Å². The number of sulfone groups is 1. The molecule has 0 aliphatic rings. The number of amides is 1. The molecule has 0 aliphatic heterocycles. The smallest absolute Gasteiger partial charge is 0.416 e. The highest BCUT2D eigenvalue weighted by Gasteiger charge is 2.31. The quantitative estimate of drug-likeness (QED) is 0.549. The van der Waals surface area contributed by atoms with Gasteiger partial charge in [0, 0.05) is 0 Å². The number of rotatable bonds is 6. The third-order valence-electron chi connectivity index (χ3n) is 4.17. The predicted molar refractivity (Wildman–Crippen MR) is 108 cm³/mol. The van der Waals surface area contributed by atoms with Crippen LogP contribution in [0.2, 0.25) is 5.02 Å². The van der Waals surface area contributed by atoms with Gasteiger partial charge in [-0.25, -0.2) is 8.42 Å². The molecule has 0 radical (unpaired) electrons.